The van der Waals surface area contributed by atoms with Gasteiger partial charge in [-0.2, -0.15) is 0 Å². The lowest BCUT2D eigenvalue weighted by Gasteiger charge is -1.86. The fraction of sp³-hybridized carbons (Fsp3) is 0.400. The Hall–Kier alpha value is 0.620. The number of allylic oxidation sites excluding steroid dienone is 1. The van der Waals surface area contributed by atoms with Gasteiger partial charge in [0, 0.05) is 6.21 Å². The molecular weight excluding hydrogens is 281 g/mol. The van der Waals surface area contributed by atoms with Crippen LogP contribution in [0.1, 0.15) is 12.8 Å². The van der Waals surface area contributed by atoms with Crippen LogP contribution >= 0.6 is 38.8 Å². The zero-order valence-corrected chi connectivity index (χ0v) is 8.15. The van der Waals surface area contributed by atoms with Crippen molar-refractivity contribution >= 4 is 45.0 Å². The minimum atomic E-state index is 0.979. The molecule has 0 amide bonds. The van der Waals surface area contributed by atoms with Gasteiger partial charge in [0.25, 0.3) is 0 Å². The summed E-state index contributed by atoms with van der Waals surface area (Å²) in [6, 6.07) is 0. The van der Waals surface area contributed by atoms with Crippen molar-refractivity contribution in [1.82, 2.24) is 0 Å². The molecule has 0 atom stereocenters. The van der Waals surface area contributed by atoms with Crippen LogP contribution in [-0.4, -0.2) is 6.21 Å². The molecule has 0 aliphatic carbocycles. The van der Waals surface area contributed by atoms with Gasteiger partial charge in [-0.15, -0.1) is 0 Å². The first-order valence-corrected chi connectivity index (χ1v) is 3.99. The number of hydrogen-bond acceptors (Lipinski definition) is 1. The predicted molar refractivity (Wildman–Crippen MR) is 49.8 cm³/mol. The van der Waals surface area contributed by atoms with Gasteiger partial charge in [-0.05, 0) is 17.3 Å². The van der Waals surface area contributed by atoms with E-state index in [1.165, 1.54) is 0 Å². The van der Waals surface area contributed by atoms with E-state index in [9.17, 15) is 0 Å². The van der Waals surface area contributed by atoms with Gasteiger partial charge >= 0.3 is 0 Å². The number of nitrogens with zero attached hydrogens (tertiary/aromatic N) is 1. The SMILES string of the molecule is C=C(Br)CCC=NI. The summed E-state index contributed by atoms with van der Waals surface area (Å²) < 4.78 is 4.83. The van der Waals surface area contributed by atoms with Crippen LogP contribution in [0.4, 0.5) is 0 Å². The van der Waals surface area contributed by atoms with E-state index in [2.05, 4.69) is 25.7 Å². The molecule has 0 aromatic carbocycles. The minimum Gasteiger partial charge on any atom is -0.228 e. The molecule has 0 unspecified atom stereocenters. The zero-order chi connectivity index (χ0) is 6.41. The maximum atomic E-state index is 3.79. The highest BCUT2D eigenvalue weighted by molar-refractivity contribution is 14.1. The monoisotopic (exact) mass is 287 g/mol. The summed E-state index contributed by atoms with van der Waals surface area (Å²) in [5, 5.41) is 0. The second-order valence-electron chi connectivity index (χ2n) is 1.34. The van der Waals surface area contributed by atoms with Crippen molar-refractivity contribution in [2.45, 2.75) is 12.8 Å². The number of rotatable bonds is 3. The molecular formula is C5H7BrIN. The third-order valence-corrected chi connectivity index (χ3v) is 1.40. The van der Waals surface area contributed by atoms with Crippen molar-refractivity contribution in [3.05, 3.63) is 11.1 Å². The van der Waals surface area contributed by atoms with Gasteiger partial charge in [-0.1, -0.05) is 22.5 Å². The summed E-state index contributed by atoms with van der Waals surface area (Å²) >= 11 is 5.20. The van der Waals surface area contributed by atoms with Gasteiger partial charge in [-0.3, -0.25) is 0 Å². The van der Waals surface area contributed by atoms with E-state index < -0.39 is 0 Å². The molecule has 46 valence electrons. The molecule has 3 heteroatoms. The van der Waals surface area contributed by atoms with E-state index in [1.807, 2.05) is 29.1 Å². The Balaban J connectivity index is 3.05. The second kappa shape index (κ2) is 5.75. The van der Waals surface area contributed by atoms with E-state index in [0.717, 1.165) is 17.3 Å². The molecule has 0 heterocycles. The van der Waals surface area contributed by atoms with Gasteiger partial charge in [0.2, 0.25) is 0 Å². The molecule has 0 aliphatic rings. The molecule has 0 saturated carbocycles. The van der Waals surface area contributed by atoms with E-state index in [0.29, 0.717) is 0 Å². The van der Waals surface area contributed by atoms with Crippen molar-refractivity contribution in [2.24, 2.45) is 3.21 Å². The molecule has 0 radical (unpaired) electrons. The Morgan fingerprint density at radius 3 is 2.88 bits per heavy atom. The standard InChI is InChI=1S/C5H7BrIN/c1-5(6)3-2-4-8-7/h4H,1-3H2. The van der Waals surface area contributed by atoms with E-state index in [1.54, 1.807) is 0 Å². The molecule has 0 fully saturated rings. The van der Waals surface area contributed by atoms with Gasteiger partial charge in [0.15, 0.2) is 0 Å². The fourth-order valence-electron chi connectivity index (χ4n) is 0.270. The van der Waals surface area contributed by atoms with E-state index in [-0.39, 0.29) is 0 Å². The van der Waals surface area contributed by atoms with Crippen LogP contribution in [0.25, 0.3) is 0 Å². The Kier molecular flexibility index (Phi) is 6.20. The predicted octanol–water partition coefficient (Wildman–Crippen LogP) is 3.10. The van der Waals surface area contributed by atoms with Crippen LogP contribution in [0.5, 0.6) is 0 Å². The minimum absolute atomic E-state index is 0.979. The zero-order valence-electron chi connectivity index (χ0n) is 4.40. The van der Waals surface area contributed by atoms with E-state index >= 15 is 0 Å². The first-order valence-electron chi connectivity index (χ1n) is 2.23. The van der Waals surface area contributed by atoms with Crippen molar-refractivity contribution in [3.63, 3.8) is 0 Å². The maximum absolute atomic E-state index is 3.79. The summed E-state index contributed by atoms with van der Waals surface area (Å²) in [6.45, 7) is 3.68. The maximum Gasteiger partial charge on any atom is 0.0827 e. The quantitative estimate of drug-likeness (QED) is 0.559. The van der Waals surface area contributed by atoms with Gasteiger partial charge in [0.05, 0.1) is 22.9 Å². The summed E-state index contributed by atoms with van der Waals surface area (Å²) in [4.78, 5) is 0. The number of halogens is 2. The third kappa shape index (κ3) is 6.62. The van der Waals surface area contributed by atoms with Crippen LogP contribution in [0, 0.1) is 0 Å². The van der Waals surface area contributed by atoms with Gasteiger partial charge in [-0.25, -0.2) is 3.21 Å². The molecule has 8 heavy (non-hydrogen) atoms. The van der Waals surface area contributed by atoms with Crippen LogP contribution < -0.4 is 0 Å². The highest BCUT2D eigenvalue weighted by Gasteiger charge is 1.82. The summed E-state index contributed by atoms with van der Waals surface area (Å²) in [5.74, 6) is 0. The highest BCUT2D eigenvalue weighted by atomic mass is 127. The van der Waals surface area contributed by atoms with Gasteiger partial charge < -0.3 is 0 Å². The third-order valence-electron chi connectivity index (χ3n) is 0.614. The topological polar surface area (TPSA) is 12.4 Å². The lowest BCUT2D eigenvalue weighted by atomic mass is 10.3. The van der Waals surface area contributed by atoms with E-state index in [4.69, 9.17) is 0 Å². The molecule has 0 aromatic heterocycles. The van der Waals surface area contributed by atoms with Crippen LogP contribution in [-0.2, 0) is 0 Å². The molecule has 1 nitrogen and oxygen atoms in total. The molecule has 0 aromatic rings. The molecule has 0 aliphatic heterocycles. The molecule has 0 rings (SSSR count). The Bertz CT molecular complexity index is 101. The molecule has 0 N–H and O–H groups in total. The summed E-state index contributed by atoms with van der Waals surface area (Å²) in [6.07, 6.45) is 3.83. The van der Waals surface area contributed by atoms with Crippen LogP contribution in [0.15, 0.2) is 14.3 Å². The van der Waals surface area contributed by atoms with Crippen molar-refractivity contribution < 1.29 is 0 Å². The average molecular weight is 288 g/mol. The summed E-state index contributed by atoms with van der Waals surface area (Å²) in [5.41, 5.74) is 0. The van der Waals surface area contributed by atoms with Gasteiger partial charge in [0.1, 0.15) is 0 Å². The van der Waals surface area contributed by atoms with Crippen LogP contribution in [0.3, 0.4) is 0 Å². The van der Waals surface area contributed by atoms with Crippen molar-refractivity contribution in [1.29, 1.82) is 0 Å². The first kappa shape index (κ1) is 8.62. The van der Waals surface area contributed by atoms with Crippen molar-refractivity contribution in [3.8, 4) is 0 Å². The molecule has 0 saturated heterocycles. The lowest BCUT2D eigenvalue weighted by molar-refractivity contribution is 1.11. The molecule has 0 bridgehead atoms. The first-order chi connectivity index (χ1) is 3.77. The largest absolute Gasteiger partial charge is 0.228 e. The van der Waals surface area contributed by atoms with Crippen molar-refractivity contribution in [2.75, 3.05) is 0 Å². The Morgan fingerprint density at radius 1 is 1.88 bits per heavy atom. The Labute approximate surface area is 71.9 Å². The summed E-state index contributed by atoms with van der Waals surface area (Å²) in [7, 11) is 0. The number of hydrogen-bond donors (Lipinski definition) is 0. The normalized spacial score (nSPS) is 10.2. The lowest BCUT2D eigenvalue weighted by Crippen LogP contribution is -1.72. The molecule has 0 spiro atoms. The average Bonchev–Trinajstić information content (AvgIpc) is 1.66. The van der Waals surface area contributed by atoms with Crippen LogP contribution in [0.2, 0.25) is 0 Å². The second-order valence-corrected chi connectivity index (χ2v) is 3.01. The highest BCUT2D eigenvalue weighted by Crippen LogP contribution is 2.07. The Morgan fingerprint density at radius 2 is 2.50 bits per heavy atom. The fourth-order valence-corrected chi connectivity index (χ4v) is 0.777. The smallest absolute Gasteiger partial charge is 0.0827 e.